The number of nitrogens with one attached hydrogen (secondary N) is 3. The minimum Gasteiger partial charge on any atom is -0.506 e. The zero-order valence-electron chi connectivity index (χ0n) is 13.1. The van der Waals surface area contributed by atoms with Crippen molar-refractivity contribution < 1.29 is 5.11 Å². The Labute approximate surface area is 129 Å². The average Bonchev–Trinajstić information content (AvgIpc) is 2.45. The fourth-order valence-corrected chi connectivity index (χ4v) is 2.11. The Balaban J connectivity index is 2.02. The van der Waals surface area contributed by atoms with Gasteiger partial charge < -0.3 is 15.3 Å². The molecular weight excluding hydrogens is 280 g/mol. The third-order valence-electron chi connectivity index (χ3n) is 3.22. The summed E-state index contributed by atoms with van der Waals surface area (Å²) in [6.07, 6.45) is 0.940. The van der Waals surface area contributed by atoms with Crippen LogP contribution in [0.1, 0.15) is 12.1 Å². The highest BCUT2D eigenvalue weighted by Crippen LogP contribution is 2.24. The first-order chi connectivity index (χ1) is 10.5. The number of aromatic nitrogens is 2. The highest BCUT2D eigenvalue weighted by atomic mass is 16.3. The molecule has 1 aromatic heterocycles. The average molecular weight is 302 g/mol. The molecule has 4 N–H and O–H groups in total. The lowest BCUT2D eigenvalue weighted by Gasteiger charge is -2.12. The highest BCUT2D eigenvalue weighted by Gasteiger charge is 2.08. The van der Waals surface area contributed by atoms with Gasteiger partial charge in [-0.1, -0.05) is 12.1 Å². The number of anilines is 1. The highest BCUT2D eigenvalue weighted by molar-refractivity contribution is 5.92. The van der Waals surface area contributed by atoms with E-state index in [0.29, 0.717) is 18.0 Å². The number of para-hydroxylation sites is 1. The van der Waals surface area contributed by atoms with E-state index in [2.05, 4.69) is 25.5 Å². The van der Waals surface area contributed by atoms with Crippen molar-refractivity contribution in [3.8, 4) is 5.75 Å². The predicted molar refractivity (Wildman–Crippen MR) is 88.5 cm³/mol. The number of nitrogens with zero attached hydrogens (tertiary/aromatic N) is 3. The van der Waals surface area contributed by atoms with Gasteiger partial charge in [0, 0.05) is 11.9 Å². The maximum Gasteiger partial charge on any atom is 0.230 e. The summed E-state index contributed by atoms with van der Waals surface area (Å²) in [7, 11) is 4.03. The summed E-state index contributed by atoms with van der Waals surface area (Å²) in [6, 6.07) is 5.21. The van der Waals surface area contributed by atoms with Crippen LogP contribution in [-0.4, -0.2) is 53.1 Å². The van der Waals surface area contributed by atoms with Crippen molar-refractivity contribution in [2.75, 3.05) is 32.5 Å². The summed E-state index contributed by atoms with van der Waals surface area (Å²) in [5, 5.41) is 24.3. The topological polar surface area (TPSA) is 97.2 Å². The van der Waals surface area contributed by atoms with Gasteiger partial charge in [0.15, 0.2) is 5.96 Å². The molecule has 0 aliphatic carbocycles. The van der Waals surface area contributed by atoms with Crippen LogP contribution in [0, 0.1) is 12.3 Å². The normalized spacial score (nSPS) is 10.9. The molecule has 0 saturated carbocycles. The molecule has 0 radical (unpaired) electrons. The van der Waals surface area contributed by atoms with Crippen LogP contribution in [0.2, 0.25) is 0 Å². The number of benzene rings is 1. The molecular formula is C15H22N6O. The second kappa shape index (κ2) is 7.04. The van der Waals surface area contributed by atoms with E-state index < -0.39 is 0 Å². The Kier molecular flexibility index (Phi) is 5.11. The van der Waals surface area contributed by atoms with Gasteiger partial charge in [0.2, 0.25) is 5.95 Å². The Morgan fingerprint density at radius 2 is 2.09 bits per heavy atom. The first kappa shape index (κ1) is 16.0. The number of phenols is 1. The molecule has 0 bridgehead atoms. The van der Waals surface area contributed by atoms with Gasteiger partial charge in [-0.15, -0.1) is 0 Å². The zero-order valence-corrected chi connectivity index (χ0v) is 13.1. The lowest BCUT2D eigenvalue weighted by molar-refractivity contribution is 0.400. The molecule has 1 heterocycles. The largest absolute Gasteiger partial charge is 0.506 e. The number of fused-ring (bicyclic) bond motifs is 1. The first-order valence-electron chi connectivity index (χ1n) is 7.18. The lowest BCUT2D eigenvalue weighted by atomic mass is 10.2. The van der Waals surface area contributed by atoms with Crippen molar-refractivity contribution in [2.24, 2.45) is 0 Å². The smallest absolute Gasteiger partial charge is 0.230 e. The quantitative estimate of drug-likeness (QED) is 0.380. The van der Waals surface area contributed by atoms with Crippen LogP contribution in [-0.2, 0) is 0 Å². The van der Waals surface area contributed by atoms with E-state index in [0.717, 1.165) is 24.0 Å². The van der Waals surface area contributed by atoms with E-state index >= 15 is 0 Å². The monoisotopic (exact) mass is 302 g/mol. The number of aryl methyl sites for hydroxylation is 1. The molecule has 0 aliphatic heterocycles. The summed E-state index contributed by atoms with van der Waals surface area (Å²) >= 11 is 0. The first-order valence-corrected chi connectivity index (χ1v) is 7.18. The number of aromatic hydroxyl groups is 1. The summed E-state index contributed by atoms with van der Waals surface area (Å²) in [5.74, 6) is 0.557. The van der Waals surface area contributed by atoms with Crippen LogP contribution in [0.5, 0.6) is 5.75 Å². The van der Waals surface area contributed by atoms with Crippen molar-refractivity contribution in [3.05, 3.63) is 23.9 Å². The molecule has 0 unspecified atom stereocenters. The molecule has 2 rings (SSSR count). The molecule has 0 fully saturated rings. The Hall–Kier alpha value is -2.41. The van der Waals surface area contributed by atoms with Crippen molar-refractivity contribution >= 4 is 22.8 Å². The lowest BCUT2D eigenvalue weighted by Crippen LogP contribution is -2.32. The Morgan fingerprint density at radius 3 is 2.82 bits per heavy atom. The second-order valence-corrected chi connectivity index (χ2v) is 5.39. The van der Waals surface area contributed by atoms with Gasteiger partial charge in [0.1, 0.15) is 11.3 Å². The third kappa shape index (κ3) is 4.05. The maximum atomic E-state index is 9.89. The molecule has 7 nitrogen and oxygen atoms in total. The van der Waals surface area contributed by atoms with Crippen LogP contribution >= 0.6 is 0 Å². The standard InChI is InChI=1S/C15H22N6O/c1-10-11-6-4-7-12(22)13(11)19-15(18-10)20-14(16)17-8-5-9-21(2)3/h4,6-7,22H,5,8-9H2,1-3H3,(H3,16,17,18,19,20). The van der Waals surface area contributed by atoms with E-state index in [1.54, 1.807) is 12.1 Å². The minimum atomic E-state index is 0.108. The van der Waals surface area contributed by atoms with Gasteiger partial charge in [-0.3, -0.25) is 10.7 Å². The van der Waals surface area contributed by atoms with E-state index in [-0.39, 0.29) is 11.7 Å². The van der Waals surface area contributed by atoms with E-state index in [9.17, 15) is 5.11 Å². The molecule has 0 spiro atoms. The van der Waals surface area contributed by atoms with Crippen LogP contribution < -0.4 is 10.6 Å². The maximum absolute atomic E-state index is 9.89. The third-order valence-corrected chi connectivity index (χ3v) is 3.22. The molecule has 118 valence electrons. The second-order valence-electron chi connectivity index (χ2n) is 5.39. The molecule has 22 heavy (non-hydrogen) atoms. The summed E-state index contributed by atoms with van der Waals surface area (Å²) < 4.78 is 0. The molecule has 0 saturated heterocycles. The van der Waals surface area contributed by atoms with Gasteiger partial charge >= 0.3 is 0 Å². The summed E-state index contributed by atoms with van der Waals surface area (Å²) in [5.41, 5.74) is 1.24. The zero-order chi connectivity index (χ0) is 16.1. The number of phenolic OH excluding ortho intramolecular Hbond substituents is 1. The molecule has 0 aliphatic rings. The molecule has 0 atom stereocenters. The Morgan fingerprint density at radius 1 is 1.32 bits per heavy atom. The fraction of sp³-hybridized carbons (Fsp3) is 0.400. The summed E-state index contributed by atoms with van der Waals surface area (Å²) in [4.78, 5) is 10.7. The van der Waals surface area contributed by atoms with Crippen molar-refractivity contribution in [3.63, 3.8) is 0 Å². The molecule has 1 aromatic carbocycles. The number of rotatable bonds is 5. The minimum absolute atomic E-state index is 0.108. The van der Waals surface area contributed by atoms with Gasteiger partial charge in [-0.2, -0.15) is 0 Å². The summed E-state index contributed by atoms with van der Waals surface area (Å²) in [6.45, 7) is 3.50. The van der Waals surface area contributed by atoms with Crippen LogP contribution in [0.15, 0.2) is 18.2 Å². The van der Waals surface area contributed by atoms with Crippen molar-refractivity contribution in [1.82, 2.24) is 20.2 Å². The number of guanidine groups is 1. The molecule has 0 amide bonds. The van der Waals surface area contributed by atoms with E-state index in [4.69, 9.17) is 5.41 Å². The van der Waals surface area contributed by atoms with Crippen LogP contribution in [0.4, 0.5) is 5.95 Å². The van der Waals surface area contributed by atoms with Crippen LogP contribution in [0.3, 0.4) is 0 Å². The fourth-order valence-electron chi connectivity index (χ4n) is 2.11. The molecule has 2 aromatic rings. The predicted octanol–water partition coefficient (Wildman–Crippen LogP) is 1.53. The molecule has 7 heteroatoms. The van der Waals surface area contributed by atoms with Crippen molar-refractivity contribution in [2.45, 2.75) is 13.3 Å². The van der Waals surface area contributed by atoms with E-state index in [1.165, 1.54) is 0 Å². The Bertz CT molecular complexity index is 670. The van der Waals surface area contributed by atoms with Gasteiger partial charge in [0.05, 0.1) is 5.69 Å². The van der Waals surface area contributed by atoms with Gasteiger partial charge in [-0.05, 0) is 40.1 Å². The van der Waals surface area contributed by atoms with Crippen LogP contribution in [0.25, 0.3) is 10.9 Å². The SMILES string of the molecule is Cc1nc(NC(=N)NCCCN(C)C)nc2c(O)cccc12. The van der Waals surface area contributed by atoms with Crippen molar-refractivity contribution in [1.29, 1.82) is 5.41 Å². The number of hydrogen-bond donors (Lipinski definition) is 4. The van der Waals surface area contributed by atoms with E-state index in [1.807, 2.05) is 27.1 Å². The number of hydrogen-bond acceptors (Lipinski definition) is 5. The van der Waals surface area contributed by atoms with Gasteiger partial charge in [0.25, 0.3) is 0 Å². The van der Waals surface area contributed by atoms with Gasteiger partial charge in [-0.25, -0.2) is 9.97 Å².